The summed E-state index contributed by atoms with van der Waals surface area (Å²) in [5, 5.41) is 23.8. The van der Waals surface area contributed by atoms with Gasteiger partial charge in [-0.15, -0.1) is 0 Å². The molecule has 0 fully saturated rings. The van der Waals surface area contributed by atoms with Gasteiger partial charge in [0.2, 0.25) is 5.95 Å². The lowest BCUT2D eigenvalue weighted by molar-refractivity contribution is -0.137. The summed E-state index contributed by atoms with van der Waals surface area (Å²) in [5.41, 5.74) is 1.41. The maximum absolute atomic E-state index is 13.4. The second kappa shape index (κ2) is 8.10. The normalized spacial score (nSPS) is 15.9. The van der Waals surface area contributed by atoms with Gasteiger partial charge in [-0.05, 0) is 42.8 Å². The molecular weight excluding hydrogens is 429 g/mol. The average molecular weight is 448 g/mol. The van der Waals surface area contributed by atoms with Crippen LogP contribution in [0.3, 0.4) is 0 Å². The summed E-state index contributed by atoms with van der Waals surface area (Å²) >= 11 is 0. The molecule has 33 heavy (non-hydrogen) atoms. The molecule has 0 N–H and O–H groups in total. The van der Waals surface area contributed by atoms with Crippen molar-refractivity contribution in [1.82, 2.24) is 14.8 Å². The topological polar surface area (TPSA) is 81.5 Å². The number of fused-ring (bicyclic) bond motifs is 1. The van der Waals surface area contributed by atoms with Crippen LogP contribution in [0, 0.1) is 22.7 Å². The molecule has 166 valence electrons. The van der Waals surface area contributed by atoms with Gasteiger partial charge in [0.25, 0.3) is 0 Å². The smallest absolute Gasteiger partial charge is 0.282 e. The third-order valence-electron chi connectivity index (χ3n) is 5.50. The second-order valence-corrected chi connectivity index (χ2v) is 8.00. The molecule has 0 saturated carbocycles. The highest BCUT2D eigenvalue weighted by molar-refractivity contribution is 5.68. The number of allylic oxidation sites excluding steroid dienone is 2. The van der Waals surface area contributed by atoms with E-state index in [0.717, 1.165) is 17.7 Å². The van der Waals surface area contributed by atoms with Crippen LogP contribution in [0.25, 0.3) is 0 Å². The van der Waals surface area contributed by atoms with Gasteiger partial charge in [0.15, 0.2) is 5.82 Å². The summed E-state index contributed by atoms with van der Waals surface area (Å²) in [4.78, 5) is 6.16. The molecule has 0 bridgehead atoms. The van der Waals surface area contributed by atoms with E-state index >= 15 is 0 Å². The van der Waals surface area contributed by atoms with Gasteiger partial charge in [0, 0.05) is 17.3 Å². The third kappa shape index (κ3) is 3.83. The number of benzene rings is 2. The quantitative estimate of drug-likeness (QED) is 0.503. The van der Waals surface area contributed by atoms with Crippen molar-refractivity contribution in [2.45, 2.75) is 38.9 Å². The van der Waals surface area contributed by atoms with Gasteiger partial charge in [-0.2, -0.15) is 33.8 Å². The van der Waals surface area contributed by atoms with Crippen LogP contribution >= 0.6 is 0 Å². The highest BCUT2D eigenvalue weighted by Crippen LogP contribution is 2.43. The number of halogens is 3. The Morgan fingerprint density at radius 3 is 2.30 bits per heavy atom. The lowest BCUT2D eigenvalue weighted by Crippen LogP contribution is -2.31. The van der Waals surface area contributed by atoms with Crippen molar-refractivity contribution in [2.24, 2.45) is 0 Å². The van der Waals surface area contributed by atoms with Gasteiger partial charge < -0.3 is 0 Å². The van der Waals surface area contributed by atoms with Crippen molar-refractivity contribution in [3.8, 4) is 12.1 Å². The Kier molecular flexibility index (Phi) is 5.43. The van der Waals surface area contributed by atoms with E-state index in [1.165, 1.54) is 11.0 Å². The molecule has 1 unspecified atom stereocenters. The van der Waals surface area contributed by atoms with Crippen molar-refractivity contribution in [3.63, 3.8) is 0 Å². The van der Waals surface area contributed by atoms with Crippen molar-refractivity contribution in [2.75, 3.05) is 4.90 Å². The highest BCUT2D eigenvalue weighted by atomic mass is 19.4. The minimum Gasteiger partial charge on any atom is -0.282 e. The first-order valence-corrected chi connectivity index (χ1v) is 10.2. The Morgan fingerprint density at radius 2 is 1.73 bits per heavy atom. The van der Waals surface area contributed by atoms with E-state index in [9.17, 15) is 18.4 Å². The maximum Gasteiger partial charge on any atom is 0.416 e. The van der Waals surface area contributed by atoms with Crippen LogP contribution in [0.15, 0.2) is 59.8 Å². The molecule has 1 atom stereocenters. The van der Waals surface area contributed by atoms with Crippen molar-refractivity contribution in [1.29, 1.82) is 10.5 Å². The minimum atomic E-state index is -4.51. The van der Waals surface area contributed by atoms with Crippen molar-refractivity contribution < 1.29 is 13.2 Å². The molecule has 9 heteroatoms. The van der Waals surface area contributed by atoms with E-state index in [-0.39, 0.29) is 11.6 Å². The van der Waals surface area contributed by atoms with E-state index in [2.05, 4.69) is 22.2 Å². The predicted molar refractivity (Wildman–Crippen MR) is 115 cm³/mol. The Labute approximate surface area is 188 Å². The summed E-state index contributed by atoms with van der Waals surface area (Å²) < 4.78 is 41.7. The molecule has 6 nitrogen and oxygen atoms in total. The molecule has 1 aliphatic heterocycles. The molecule has 0 aliphatic carbocycles. The summed E-state index contributed by atoms with van der Waals surface area (Å²) in [6, 6.07) is 15.4. The molecule has 3 aromatic rings. The zero-order valence-corrected chi connectivity index (χ0v) is 18.1. The molecule has 1 aliphatic rings. The molecule has 0 spiro atoms. The number of aromatic nitrogens is 3. The summed E-state index contributed by atoms with van der Waals surface area (Å²) in [6.07, 6.45) is -4.51. The van der Waals surface area contributed by atoms with E-state index in [1.54, 1.807) is 41.9 Å². The predicted octanol–water partition coefficient (Wildman–Crippen LogP) is 5.83. The van der Waals surface area contributed by atoms with E-state index in [4.69, 9.17) is 5.26 Å². The lowest BCUT2D eigenvalue weighted by Gasteiger charge is -2.34. The molecule has 0 amide bonds. The number of alkyl halides is 3. The van der Waals surface area contributed by atoms with Crippen LogP contribution in [0.4, 0.5) is 24.8 Å². The van der Waals surface area contributed by atoms with Crippen molar-refractivity contribution >= 4 is 11.6 Å². The zero-order valence-electron chi connectivity index (χ0n) is 18.1. The fourth-order valence-electron chi connectivity index (χ4n) is 3.81. The fraction of sp³-hybridized carbons (Fsp3) is 0.250. The maximum atomic E-state index is 13.4. The summed E-state index contributed by atoms with van der Waals surface area (Å²) in [5.74, 6) is 0.787. The van der Waals surface area contributed by atoms with Crippen LogP contribution in [0.2, 0.25) is 0 Å². The van der Waals surface area contributed by atoms with Crippen molar-refractivity contribution in [3.05, 3.63) is 82.3 Å². The standard InChI is InChI=1S/C24H19F3N6/c1-14(2)22-30-23-32(19-6-4-5-18(11-19)24(25,26)27)15(3)20(13-29)21(33(23)31-22)17-9-7-16(12-28)8-10-17/h4-11,14,21H,1-3H3. The van der Waals surface area contributed by atoms with Crippen LogP contribution in [0.5, 0.6) is 0 Å². The monoisotopic (exact) mass is 448 g/mol. The molecule has 0 radical (unpaired) electrons. The number of hydrogen-bond donors (Lipinski definition) is 0. The Balaban J connectivity index is 1.96. The highest BCUT2D eigenvalue weighted by Gasteiger charge is 2.37. The fourth-order valence-corrected chi connectivity index (χ4v) is 3.81. The van der Waals surface area contributed by atoms with Crippen LogP contribution < -0.4 is 4.90 Å². The van der Waals surface area contributed by atoms with Crippen LogP contribution in [0.1, 0.15) is 55.2 Å². The van der Waals surface area contributed by atoms with Gasteiger partial charge in [0.05, 0.1) is 28.8 Å². The molecule has 2 aromatic carbocycles. The molecule has 1 aromatic heterocycles. The largest absolute Gasteiger partial charge is 0.416 e. The first-order chi connectivity index (χ1) is 15.7. The van der Waals surface area contributed by atoms with Gasteiger partial charge >= 0.3 is 6.18 Å². The molecule has 0 saturated heterocycles. The Bertz CT molecular complexity index is 1320. The van der Waals surface area contributed by atoms with Crippen LogP contribution in [-0.4, -0.2) is 14.8 Å². The summed E-state index contributed by atoms with van der Waals surface area (Å²) in [6.45, 7) is 5.51. The number of nitriles is 2. The number of nitrogens with zero attached hydrogens (tertiary/aromatic N) is 6. The number of anilines is 2. The number of hydrogen-bond acceptors (Lipinski definition) is 5. The SMILES string of the molecule is CC1=C(C#N)C(c2ccc(C#N)cc2)n2nc(C(C)C)nc2N1c1cccc(C(F)(F)F)c1. The Morgan fingerprint density at radius 1 is 1.03 bits per heavy atom. The second-order valence-electron chi connectivity index (χ2n) is 8.00. The van der Waals surface area contributed by atoms with E-state index < -0.39 is 17.8 Å². The molecule has 4 rings (SSSR count). The summed E-state index contributed by atoms with van der Waals surface area (Å²) in [7, 11) is 0. The third-order valence-corrected chi connectivity index (χ3v) is 5.50. The lowest BCUT2D eigenvalue weighted by atomic mass is 9.95. The average Bonchev–Trinajstić information content (AvgIpc) is 3.23. The number of rotatable bonds is 3. The van der Waals surface area contributed by atoms with E-state index in [1.807, 2.05) is 13.8 Å². The first kappa shape index (κ1) is 22.1. The van der Waals surface area contributed by atoms with E-state index in [0.29, 0.717) is 28.6 Å². The first-order valence-electron chi connectivity index (χ1n) is 10.2. The van der Waals surface area contributed by atoms with Crippen LogP contribution in [-0.2, 0) is 6.18 Å². The Hall–Kier alpha value is -4.11. The minimum absolute atomic E-state index is 0.0427. The van der Waals surface area contributed by atoms with Gasteiger partial charge in [-0.1, -0.05) is 32.0 Å². The van der Waals surface area contributed by atoms with Gasteiger partial charge in [-0.25, -0.2) is 4.68 Å². The molecule has 2 heterocycles. The molecular formula is C24H19F3N6. The van der Waals surface area contributed by atoms with Gasteiger partial charge in [-0.3, -0.25) is 4.90 Å². The zero-order chi connectivity index (χ0) is 23.9. The van der Waals surface area contributed by atoms with Gasteiger partial charge in [0.1, 0.15) is 6.04 Å².